The second-order valence-corrected chi connectivity index (χ2v) is 4.47. The molecule has 16 heavy (non-hydrogen) atoms. The Balaban J connectivity index is 1.97. The van der Waals surface area contributed by atoms with E-state index in [0.29, 0.717) is 13.1 Å². The number of aromatic nitrogens is 1. The minimum atomic E-state index is -0.0129. The number of carbonyl (C=O) groups excluding carboxylic acids is 1. The van der Waals surface area contributed by atoms with E-state index in [1.807, 2.05) is 18.2 Å². The molecule has 0 aliphatic heterocycles. The fourth-order valence-corrected chi connectivity index (χ4v) is 2.30. The average molecular weight is 235 g/mol. The zero-order valence-electron chi connectivity index (χ0n) is 8.99. The van der Waals surface area contributed by atoms with Gasteiger partial charge in [-0.05, 0) is 12.1 Å². The summed E-state index contributed by atoms with van der Waals surface area (Å²) in [7, 11) is 1.63. The van der Waals surface area contributed by atoms with E-state index in [-0.39, 0.29) is 5.91 Å². The minimum Gasteiger partial charge on any atom is -0.358 e. The van der Waals surface area contributed by atoms with Crippen LogP contribution in [-0.4, -0.2) is 24.5 Å². The molecule has 2 N–H and O–H groups in total. The van der Waals surface area contributed by atoms with Gasteiger partial charge in [-0.3, -0.25) is 4.79 Å². The van der Waals surface area contributed by atoms with Crippen molar-refractivity contribution in [2.75, 3.05) is 13.6 Å². The average Bonchev–Trinajstić information content (AvgIpc) is 2.71. The number of rotatable bonds is 4. The Morgan fingerprint density at radius 1 is 1.44 bits per heavy atom. The molecule has 0 saturated heterocycles. The molecule has 0 fully saturated rings. The van der Waals surface area contributed by atoms with Crippen molar-refractivity contribution in [1.82, 2.24) is 15.6 Å². The van der Waals surface area contributed by atoms with Crippen LogP contribution in [0.4, 0.5) is 0 Å². The van der Waals surface area contributed by atoms with E-state index >= 15 is 0 Å². The van der Waals surface area contributed by atoms with Crippen LogP contribution in [0.3, 0.4) is 0 Å². The molecule has 0 radical (unpaired) electrons. The van der Waals surface area contributed by atoms with E-state index < -0.39 is 0 Å². The summed E-state index contributed by atoms with van der Waals surface area (Å²) in [4.78, 5) is 15.4. The van der Waals surface area contributed by atoms with Gasteiger partial charge in [0.25, 0.3) is 0 Å². The lowest BCUT2D eigenvalue weighted by Crippen LogP contribution is -2.30. The van der Waals surface area contributed by atoms with Crippen molar-refractivity contribution < 1.29 is 4.79 Å². The number of benzene rings is 1. The van der Waals surface area contributed by atoms with Gasteiger partial charge < -0.3 is 10.6 Å². The number of amides is 1. The van der Waals surface area contributed by atoms with Crippen molar-refractivity contribution >= 4 is 27.5 Å². The van der Waals surface area contributed by atoms with Gasteiger partial charge in [-0.25, -0.2) is 4.98 Å². The quantitative estimate of drug-likeness (QED) is 0.835. The molecule has 0 unspecified atom stereocenters. The Labute approximate surface area is 97.7 Å². The zero-order chi connectivity index (χ0) is 11.4. The summed E-state index contributed by atoms with van der Waals surface area (Å²) in [6, 6.07) is 8.02. The van der Waals surface area contributed by atoms with Crippen LogP contribution in [0.25, 0.3) is 10.2 Å². The van der Waals surface area contributed by atoms with Crippen LogP contribution in [0.1, 0.15) is 5.01 Å². The zero-order valence-corrected chi connectivity index (χ0v) is 9.80. The van der Waals surface area contributed by atoms with Crippen molar-refractivity contribution in [3.05, 3.63) is 29.3 Å². The monoisotopic (exact) mass is 235 g/mol. The molecule has 1 aromatic carbocycles. The molecule has 2 rings (SSSR count). The number of nitrogens with zero attached hydrogens (tertiary/aromatic N) is 1. The summed E-state index contributed by atoms with van der Waals surface area (Å²) >= 11 is 1.65. The Bertz CT molecular complexity index is 462. The van der Waals surface area contributed by atoms with Gasteiger partial charge in [0.05, 0.1) is 16.8 Å². The molecule has 0 saturated carbocycles. The predicted molar refractivity (Wildman–Crippen MR) is 65.4 cm³/mol. The maximum atomic E-state index is 11.0. The van der Waals surface area contributed by atoms with Crippen LogP contribution >= 0.6 is 11.3 Å². The highest BCUT2D eigenvalue weighted by atomic mass is 32.1. The SMILES string of the molecule is CNC(=O)CNCc1nc2ccccc2s1. The number of thiazole rings is 1. The van der Waals surface area contributed by atoms with E-state index in [9.17, 15) is 4.79 Å². The van der Waals surface area contributed by atoms with Crippen LogP contribution in [0, 0.1) is 0 Å². The number of fused-ring (bicyclic) bond motifs is 1. The van der Waals surface area contributed by atoms with Crippen LogP contribution in [0.15, 0.2) is 24.3 Å². The van der Waals surface area contributed by atoms with Gasteiger partial charge in [-0.2, -0.15) is 0 Å². The van der Waals surface area contributed by atoms with Crippen LogP contribution in [0.5, 0.6) is 0 Å². The molecule has 0 spiro atoms. The maximum absolute atomic E-state index is 11.0. The molecule has 0 aliphatic rings. The third-order valence-corrected chi connectivity index (χ3v) is 3.22. The Kier molecular flexibility index (Phi) is 3.48. The molecule has 0 aliphatic carbocycles. The highest BCUT2D eigenvalue weighted by Gasteiger charge is 2.03. The minimum absolute atomic E-state index is 0.0129. The Hall–Kier alpha value is -1.46. The highest BCUT2D eigenvalue weighted by molar-refractivity contribution is 7.18. The molecule has 0 bridgehead atoms. The fraction of sp³-hybridized carbons (Fsp3) is 0.273. The molecule has 5 heteroatoms. The number of para-hydroxylation sites is 1. The number of carbonyl (C=O) groups is 1. The number of nitrogens with one attached hydrogen (secondary N) is 2. The van der Waals surface area contributed by atoms with Gasteiger partial charge in [-0.1, -0.05) is 12.1 Å². The van der Waals surface area contributed by atoms with Crippen molar-refractivity contribution in [3.63, 3.8) is 0 Å². The van der Waals surface area contributed by atoms with Gasteiger partial charge in [0, 0.05) is 13.6 Å². The molecule has 2 aromatic rings. The largest absolute Gasteiger partial charge is 0.358 e. The second-order valence-electron chi connectivity index (χ2n) is 3.35. The molecule has 1 heterocycles. The summed E-state index contributed by atoms with van der Waals surface area (Å²) in [5.41, 5.74) is 1.02. The van der Waals surface area contributed by atoms with Crippen molar-refractivity contribution in [1.29, 1.82) is 0 Å². The van der Waals surface area contributed by atoms with Crippen LogP contribution < -0.4 is 10.6 Å². The molecular weight excluding hydrogens is 222 g/mol. The standard InChI is InChI=1S/C11H13N3OS/c1-12-10(15)6-13-7-11-14-8-4-2-3-5-9(8)16-11/h2-5,13H,6-7H2,1H3,(H,12,15). The number of hydrogen-bond acceptors (Lipinski definition) is 4. The van der Waals surface area contributed by atoms with Crippen LogP contribution in [0.2, 0.25) is 0 Å². The lowest BCUT2D eigenvalue weighted by Gasteiger charge is -1.99. The second kappa shape index (κ2) is 5.05. The highest BCUT2D eigenvalue weighted by Crippen LogP contribution is 2.20. The lowest BCUT2D eigenvalue weighted by atomic mass is 10.3. The first-order chi connectivity index (χ1) is 7.79. The molecular formula is C11H13N3OS. The first kappa shape index (κ1) is 11.0. The summed E-state index contributed by atoms with van der Waals surface area (Å²) < 4.78 is 1.18. The van der Waals surface area contributed by atoms with E-state index in [0.717, 1.165) is 10.5 Å². The van der Waals surface area contributed by atoms with Gasteiger partial charge in [0.1, 0.15) is 5.01 Å². The summed E-state index contributed by atoms with van der Waals surface area (Å²) in [5, 5.41) is 6.61. The molecule has 4 nitrogen and oxygen atoms in total. The summed E-state index contributed by atoms with van der Waals surface area (Å²) in [5.74, 6) is -0.0129. The van der Waals surface area contributed by atoms with Gasteiger partial charge in [0.2, 0.25) is 5.91 Å². The summed E-state index contributed by atoms with van der Waals surface area (Å²) in [6.07, 6.45) is 0. The summed E-state index contributed by atoms with van der Waals surface area (Å²) in [6.45, 7) is 0.958. The lowest BCUT2D eigenvalue weighted by molar-refractivity contribution is -0.119. The first-order valence-corrected chi connectivity index (χ1v) is 5.87. The van der Waals surface area contributed by atoms with Crippen LogP contribution in [-0.2, 0) is 11.3 Å². The smallest absolute Gasteiger partial charge is 0.233 e. The molecule has 84 valence electrons. The maximum Gasteiger partial charge on any atom is 0.233 e. The Morgan fingerprint density at radius 3 is 3.00 bits per heavy atom. The van der Waals surface area contributed by atoms with Crippen molar-refractivity contribution in [2.24, 2.45) is 0 Å². The molecule has 1 aromatic heterocycles. The topological polar surface area (TPSA) is 54.0 Å². The van der Waals surface area contributed by atoms with E-state index in [1.54, 1.807) is 18.4 Å². The molecule has 0 atom stereocenters. The van der Waals surface area contributed by atoms with Crippen molar-refractivity contribution in [3.8, 4) is 0 Å². The van der Waals surface area contributed by atoms with E-state index in [4.69, 9.17) is 0 Å². The Morgan fingerprint density at radius 2 is 2.25 bits per heavy atom. The van der Waals surface area contributed by atoms with Gasteiger partial charge >= 0.3 is 0 Å². The predicted octanol–water partition coefficient (Wildman–Crippen LogP) is 1.13. The third kappa shape index (κ3) is 2.56. The number of hydrogen-bond donors (Lipinski definition) is 2. The van der Waals surface area contributed by atoms with E-state index in [1.165, 1.54) is 4.70 Å². The third-order valence-electron chi connectivity index (χ3n) is 2.18. The van der Waals surface area contributed by atoms with Crippen molar-refractivity contribution in [2.45, 2.75) is 6.54 Å². The van der Waals surface area contributed by atoms with Gasteiger partial charge in [-0.15, -0.1) is 11.3 Å². The normalized spacial score (nSPS) is 10.6. The fourth-order valence-electron chi connectivity index (χ4n) is 1.37. The van der Waals surface area contributed by atoms with Gasteiger partial charge in [0.15, 0.2) is 0 Å². The first-order valence-electron chi connectivity index (χ1n) is 5.05. The van der Waals surface area contributed by atoms with E-state index in [2.05, 4.69) is 21.7 Å². The number of likely N-dealkylation sites (N-methyl/N-ethyl adjacent to an activating group) is 1. The molecule has 1 amide bonds.